The fourth-order valence-corrected chi connectivity index (χ4v) is 3.89. The Morgan fingerprint density at radius 3 is 2.95 bits per heavy atom. The minimum atomic E-state index is -0.177. The molecule has 0 radical (unpaired) electrons. The zero-order chi connectivity index (χ0) is 14.9. The van der Waals surface area contributed by atoms with Gasteiger partial charge in [0.25, 0.3) is 0 Å². The first-order valence-corrected chi connectivity index (χ1v) is 9.19. The molecule has 0 unspecified atom stereocenters. The Morgan fingerprint density at radius 2 is 2.19 bits per heavy atom. The summed E-state index contributed by atoms with van der Waals surface area (Å²) >= 11 is 2.99. The lowest BCUT2D eigenvalue weighted by Gasteiger charge is -2.22. The van der Waals surface area contributed by atoms with E-state index in [9.17, 15) is 4.79 Å². The van der Waals surface area contributed by atoms with E-state index in [0.29, 0.717) is 17.8 Å². The molecule has 0 saturated heterocycles. The highest BCUT2D eigenvalue weighted by Crippen LogP contribution is 2.25. The monoisotopic (exact) mass is 330 g/mol. The van der Waals surface area contributed by atoms with Crippen LogP contribution < -0.4 is 10.6 Å². The highest BCUT2D eigenvalue weighted by Gasteiger charge is 2.16. The summed E-state index contributed by atoms with van der Waals surface area (Å²) in [6.45, 7) is 3.40. The van der Waals surface area contributed by atoms with Crippen molar-refractivity contribution in [2.24, 2.45) is 0 Å². The number of amides is 2. The standard InChI is InChI=1S/C13H22N4O2S2/c1-2-19-8-9-20-13-17-16-12(21-13)15-11(18)14-10-6-4-3-5-7-10/h10H,2-9H2,1H3,(H2,14,15,16,18). The number of hydrogen-bond donors (Lipinski definition) is 2. The number of ether oxygens (including phenoxy) is 1. The first-order valence-electron chi connectivity index (χ1n) is 7.39. The molecule has 1 fully saturated rings. The van der Waals surface area contributed by atoms with Crippen molar-refractivity contribution in [1.29, 1.82) is 0 Å². The molecule has 1 saturated carbocycles. The summed E-state index contributed by atoms with van der Waals surface area (Å²) < 4.78 is 6.12. The van der Waals surface area contributed by atoms with Gasteiger partial charge in [-0.05, 0) is 19.8 Å². The van der Waals surface area contributed by atoms with Crippen LogP contribution in [-0.2, 0) is 4.74 Å². The molecule has 0 bridgehead atoms. The number of aromatic nitrogens is 2. The molecule has 1 aliphatic carbocycles. The molecule has 1 aromatic heterocycles. The van der Waals surface area contributed by atoms with Gasteiger partial charge in [0.15, 0.2) is 4.34 Å². The minimum Gasteiger partial charge on any atom is -0.381 e. The molecule has 0 spiro atoms. The third kappa shape index (κ3) is 6.19. The number of anilines is 1. The quantitative estimate of drug-likeness (QED) is 0.456. The van der Waals surface area contributed by atoms with E-state index in [2.05, 4.69) is 20.8 Å². The average Bonchev–Trinajstić information content (AvgIpc) is 2.92. The zero-order valence-corrected chi connectivity index (χ0v) is 13.9. The van der Waals surface area contributed by atoms with Gasteiger partial charge in [-0.15, -0.1) is 10.2 Å². The molecule has 0 aromatic carbocycles. The normalized spacial score (nSPS) is 15.9. The second-order valence-electron chi connectivity index (χ2n) is 4.85. The molecule has 1 aliphatic rings. The van der Waals surface area contributed by atoms with Crippen molar-refractivity contribution in [3.63, 3.8) is 0 Å². The van der Waals surface area contributed by atoms with Gasteiger partial charge in [-0.2, -0.15) is 0 Å². The van der Waals surface area contributed by atoms with Crippen molar-refractivity contribution >= 4 is 34.3 Å². The Labute approximate surface area is 133 Å². The average molecular weight is 330 g/mol. The molecule has 2 rings (SSSR count). The van der Waals surface area contributed by atoms with Gasteiger partial charge in [-0.25, -0.2) is 4.79 Å². The summed E-state index contributed by atoms with van der Waals surface area (Å²) in [5.41, 5.74) is 0. The third-order valence-corrected chi connectivity index (χ3v) is 5.16. The number of rotatable bonds is 7. The number of carbonyl (C=O) groups excluding carboxylic acids is 1. The van der Waals surface area contributed by atoms with Crippen LogP contribution in [0.5, 0.6) is 0 Å². The van der Waals surface area contributed by atoms with Crippen LogP contribution in [-0.4, -0.2) is 41.2 Å². The Hall–Kier alpha value is -0.860. The molecule has 2 N–H and O–H groups in total. The molecule has 8 heteroatoms. The Morgan fingerprint density at radius 1 is 1.38 bits per heavy atom. The molecular formula is C13H22N4O2S2. The number of thioether (sulfide) groups is 1. The van der Waals surface area contributed by atoms with Crippen LogP contribution in [0.25, 0.3) is 0 Å². The smallest absolute Gasteiger partial charge is 0.321 e. The van der Waals surface area contributed by atoms with E-state index in [1.54, 1.807) is 11.8 Å². The number of carbonyl (C=O) groups is 1. The van der Waals surface area contributed by atoms with Gasteiger partial charge in [0.2, 0.25) is 5.13 Å². The van der Waals surface area contributed by atoms with Crippen LogP contribution in [0.4, 0.5) is 9.93 Å². The Balaban J connectivity index is 1.69. The number of nitrogens with one attached hydrogen (secondary N) is 2. The molecule has 0 atom stereocenters. The van der Waals surface area contributed by atoms with Gasteiger partial charge in [-0.3, -0.25) is 5.32 Å². The molecule has 21 heavy (non-hydrogen) atoms. The summed E-state index contributed by atoms with van der Waals surface area (Å²) in [5, 5.41) is 14.3. The fraction of sp³-hybridized carbons (Fsp3) is 0.769. The summed E-state index contributed by atoms with van der Waals surface area (Å²) in [4.78, 5) is 11.9. The van der Waals surface area contributed by atoms with Gasteiger partial charge >= 0.3 is 6.03 Å². The van der Waals surface area contributed by atoms with Gasteiger partial charge in [0.1, 0.15) is 0 Å². The van der Waals surface area contributed by atoms with E-state index in [4.69, 9.17) is 4.74 Å². The van der Waals surface area contributed by atoms with E-state index in [1.165, 1.54) is 30.6 Å². The molecule has 2 amide bonds. The van der Waals surface area contributed by atoms with E-state index in [-0.39, 0.29) is 6.03 Å². The maximum Gasteiger partial charge on any atom is 0.321 e. The molecule has 118 valence electrons. The third-order valence-electron chi connectivity index (χ3n) is 3.22. The van der Waals surface area contributed by atoms with Gasteiger partial charge in [0, 0.05) is 18.4 Å². The Bertz CT molecular complexity index is 436. The van der Waals surface area contributed by atoms with E-state index >= 15 is 0 Å². The summed E-state index contributed by atoms with van der Waals surface area (Å²) in [5.74, 6) is 0.844. The SMILES string of the molecule is CCOCCSc1nnc(NC(=O)NC2CCCCC2)s1. The number of urea groups is 1. The van der Waals surface area contributed by atoms with Crippen LogP contribution >= 0.6 is 23.1 Å². The minimum absolute atomic E-state index is 0.177. The van der Waals surface area contributed by atoms with Gasteiger partial charge < -0.3 is 10.1 Å². The van der Waals surface area contributed by atoms with Crippen LogP contribution in [0.15, 0.2) is 4.34 Å². The number of nitrogens with zero attached hydrogens (tertiary/aromatic N) is 2. The van der Waals surface area contributed by atoms with E-state index in [0.717, 1.165) is 29.5 Å². The lowest BCUT2D eigenvalue weighted by molar-refractivity contribution is 0.164. The van der Waals surface area contributed by atoms with Crippen LogP contribution in [0.1, 0.15) is 39.0 Å². The van der Waals surface area contributed by atoms with E-state index < -0.39 is 0 Å². The second kappa shape index (κ2) is 9.22. The summed E-state index contributed by atoms with van der Waals surface area (Å²) in [6, 6.07) is 0.121. The lowest BCUT2D eigenvalue weighted by atomic mass is 9.96. The number of hydrogen-bond acceptors (Lipinski definition) is 6. The maximum atomic E-state index is 11.9. The van der Waals surface area contributed by atoms with Crippen molar-refractivity contribution in [3.05, 3.63) is 0 Å². The Kier molecular flexibility index (Phi) is 7.25. The van der Waals surface area contributed by atoms with Gasteiger partial charge in [-0.1, -0.05) is 42.4 Å². The topological polar surface area (TPSA) is 76.1 Å². The highest BCUT2D eigenvalue weighted by molar-refractivity contribution is 8.01. The van der Waals surface area contributed by atoms with Crippen molar-refractivity contribution in [2.75, 3.05) is 24.3 Å². The fourth-order valence-electron chi connectivity index (χ4n) is 2.22. The molecule has 0 aliphatic heterocycles. The van der Waals surface area contributed by atoms with Crippen LogP contribution in [0.3, 0.4) is 0 Å². The maximum absolute atomic E-state index is 11.9. The van der Waals surface area contributed by atoms with Crippen molar-refractivity contribution in [2.45, 2.75) is 49.4 Å². The predicted molar refractivity (Wildman–Crippen MR) is 86.2 cm³/mol. The summed E-state index contributed by atoms with van der Waals surface area (Å²) in [7, 11) is 0. The second-order valence-corrected chi connectivity index (χ2v) is 7.17. The predicted octanol–water partition coefficient (Wildman–Crippen LogP) is 3.12. The van der Waals surface area contributed by atoms with Crippen LogP contribution in [0, 0.1) is 0 Å². The van der Waals surface area contributed by atoms with Crippen molar-refractivity contribution in [3.8, 4) is 0 Å². The van der Waals surface area contributed by atoms with E-state index in [1.807, 2.05) is 6.92 Å². The summed E-state index contributed by atoms with van der Waals surface area (Å²) in [6.07, 6.45) is 5.82. The van der Waals surface area contributed by atoms with Crippen LogP contribution in [0.2, 0.25) is 0 Å². The first-order chi connectivity index (χ1) is 10.3. The van der Waals surface area contributed by atoms with Crippen molar-refractivity contribution in [1.82, 2.24) is 15.5 Å². The highest BCUT2D eigenvalue weighted by atomic mass is 32.2. The lowest BCUT2D eigenvalue weighted by Crippen LogP contribution is -2.38. The molecule has 1 heterocycles. The van der Waals surface area contributed by atoms with Crippen molar-refractivity contribution < 1.29 is 9.53 Å². The first kappa shape index (κ1) is 16.5. The zero-order valence-electron chi connectivity index (χ0n) is 12.3. The molecule has 1 aromatic rings. The largest absolute Gasteiger partial charge is 0.381 e. The van der Waals surface area contributed by atoms with Gasteiger partial charge in [0.05, 0.1) is 6.61 Å². The molecular weight excluding hydrogens is 308 g/mol. The molecule has 6 nitrogen and oxygen atoms in total.